The molecule has 0 amide bonds. The predicted molar refractivity (Wildman–Crippen MR) is 40.6 cm³/mol. The summed E-state index contributed by atoms with van der Waals surface area (Å²) in [5.41, 5.74) is -0.0486. The highest BCUT2D eigenvalue weighted by atomic mass is 79.9. The molecule has 5 heteroatoms. The van der Waals surface area contributed by atoms with Gasteiger partial charge in [0, 0.05) is 6.54 Å². The minimum absolute atomic E-state index is 0.0486. The third kappa shape index (κ3) is 1.58. The smallest absolute Gasteiger partial charge is 0.263 e. The number of nitrogens with zero attached hydrogens (tertiary/aromatic N) is 2. The van der Waals surface area contributed by atoms with Crippen molar-refractivity contribution < 1.29 is 8.78 Å². The van der Waals surface area contributed by atoms with Crippen LogP contribution in [-0.4, -0.2) is 9.78 Å². The number of aromatic nitrogens is 2. The topological polar surface area (TPSA) is 17.8 Å². The Labute approximate surface area is 71.3 Å². The number of hydrogen-bond donors (Lipinski definition) is 0. The lowest BCUT2D eigenvalue weighted by molar-refractivity contribution is 0.138. The van der Waals surface area contributed by atoms with Gasteiger partial charge in [-0.2, -0.15) is 5.10 Å². The molecule has 0 saturated carbocycles. The largest absolute Gasteiger partial charge is 0.281 e. The molecule has 0 aromatic carbocycles. The van der Waals surface area contributed by atoms with Gasteiger partial charge in [0.15, 0.2) is 0 Å². The number of rotatable bonds is 2. The van der Waals surface area contributed by atoms with Crippen molar-refractivity contribution in [2.75, 3.05) is 0 Å². The summed E-state index contributed by atoms with van der Waals surface area (Å²) in [6, 6.07) is 0. The summed E-state index contributed by atoms with van der Waals surface area (Å²) in [7, 11) is 0. The van der Waals surface area contributed by atoms with E-state index in [2.05, 4.69) is 21.0 Å². The fraction of sp³-hybridized carbons (Fsp3) is 0.500. The van der Waals surface area contributed by atoms with Crippen LogP contribution in [0.2, 0.25) is 0 Å². The first kappa shape index (κ1) is 8.64. The fourth-order valence-electron chi connectivity index (χ4n) is 0.841. The Kier molecular flexibility index (Phi) is 2.59. The Balaban J connectivity index is 3.07. The first-order valence-electron chi connectivity index (χ1n) is 3.16. The highest BCUT2D eigenvalue weighted by molar-refractivity contribution is 9.10. The van der Waals surface area contributed by atoms with Crippen LogP contribution < -0.4 is 0 Å². The van der Waals surface area contributed by atoms with Crippen molar-refractivity contribution in [2.24, 2.45) is 0 Å². The molecular weight excluding hydrogens is 218 g/mol. The summed E-state index contributed by atoms with van der Waals surface area (Å²) in [6.45, 7) is 2.23. The first-order valence-corrected chi connectivity index (χ1v) is 3.95. The zero-order valence-electron chi connectivity index (χ0n) is 5.89. The maximum absolute atomic E-state index is 12.2. The third-order valence-electron chi connectivity index (χ3n) is 1.34. The summed E-state index contributed by atoms with van der Waals surface area (Å²) in [6.07, 6.45) is -1.09. The van der Waals surface area contributed by atoms with Crippen LogP contribution in [0.15, 0.2) is 10.7 Å². The van der Waals surface area contributed by atoms with Crippen LogP contribution in [0, 0.1) is 0 Å². The average Bonchev–Trinajstić information content (AvgIpc) is 2.30. The van der Waals surface area contributed by atoms with E-state index in [1.807, 2.05) is 0 Å². The first-order chi connectivity index (χ1) is 5.16. The summed E-state index contributed by atoms with van der Waals surface area (Å²) >= 11 is 3.00. The molecule has 0 spiro atoms. The molecule has 1 aromatic heterocycles. The normalized spacial score (nSPS) is 11.0. The molecule has 0 saturated heterocycles. The number of hydrogen-bond acceptors (Lipinski definition) is 1. The van der Waals surface area contributed by atoms with Gasteiger partial charge in [0.25, 0.3) is 6.43 Å². The second kappa shape index (κ2) is 3.30. The molecule has 0 radical (unpaired) electrons. The molecule has 0 aliphatic rings. The Bertz CT molecular complexity index is 247. The van der Waals surface area contributed by atoms with E-state index in [0.29, 0.717) is 11.0 Å². The van der Waals surface area contributed by atoms with Gasteiger partial charge in [0.05, 0.1) is 10.7 Å². The van der Waals surface area contributed by atoms with E-state index in [4.69, 9.17) is 0 Å². The fourth-order valence-corrected chi connectivity index (χ4v) is 1.31. The Morgan fingerprint density at radius 1 is 1.73 bits per heavy atom. The van der Waals surface area contributed by atoms with E-state index >= 15 is 0 Å². The van der Waals surface area contributed by atoms with E-state index < -0.39 is 6.43 Å². The van der Waals surface area contributed by atoms with Crippen LogP contribution in [0.25, 0.3) is 0 Å². The zero-order valence-corrected chi connectivity index (χ0v) is 7.48. The summed E-state index contributed by atoms with van der Waals surface area (Å²) in [5.74, 6) is 0. The van der Waals surface area contributed by atoms with Gasteiger partial charge < -0.3 is 0 Å². The molecule has 1 aromatic rings. The monoisotopic (exact) mass is 224 g/mol. The number of alkyl halides is 2. The molecule has 0 unspecified atom stereocenters. The van der Waals surface area contributed by atoms with E-state index in [0.717, 1.165) is 0 Å². The lowest BCUT2D eigenvalue weighted by Crippen LogP contribution is -2.02. The van der Waals surface area contributed by atoms with Crippen LogP contribution in [0.5, 0.6) is 0 Å². The summed E-state index contributed by atoms with van der Waals surface area (Å²) in [4.78, 5) is 0. The van der Waals surface area contributed by atoms with Gasteiger partial charge in [0.2, 0.25) is 0 Å². The van der Waals surface area contributed by atoms with Crippen LogP contribution in [0.4, 0.5) is 8.78 Å². The maximum Gasteiger partial charge on any atom is 0.281 e. The minimum atomic E-state index is -2.47. The zero-order chi connectivity index (χ0) is 8.43. The van der Waals surface area contributed by atoms with E-state index in [1.54, 1.807) is 6.92 Å². The van der Waals surface area contributed by atoms with Crippen molar-refractivity contribution in [2.45, 2.75) is 19.9 Å². The van der Waals surface area contributed by atoms with Gasteiger partial charge in [-0.1, -0.05) is 0 Å². The van der Waals surface area contributed by atoms with E-state index in [1.165, 1.54) is 10.9 Å². The Morgan fingerprint density at radius 2 is 2.36 bits per heavy atom. The highest BCUT2D eigenvalue weighted by Crippen LogP contribution is 2.26. The molecule has 0 N–H and O–H groups in total. The summed E-state index contributed by atoms with van der Waals surface area (Å²) < 4.78 is 26.1. The van der Waals surface area contributed by atoms with Crippen LogP contribution in [0.1, 0.15) is 19.0 Å². The molecule has 0 fully saturated rings. The van der Waals surface area contributed by atoms with Gasteiger partial charge >= 0.3 is 0 Å². The van der Waals surface area contributed by atoms with Crippen molar-refractivity contribution in [3.8, 4) is 0 Å². The van der Waals surface area contributed by atoms with Crippen molar-refractivity contribution >= 4 is 15.9 Å². The molecule has 0 atom stereocenters. The molecule has 62 valence electrons. The molecule has 0 bridgehead atoms. The predicted octanol–water partition coefficient (Wildman–Crippen LogP) is 2.60. The molecule has 2 nitrogen and oxygen atoms in total. The quantitative estimate of drug-likeness (QED) is 0.756. The number of halogens is 3. The second-order valence-electron chi connectivity index (χ2n) is 1.99. The highest BCUT2D eigenvalue weighted by Gasteiger charge is 2.16. The van der Waals surface area contributed by atoms with Crippen molar-refractivity contribution in [3.63, 3.8) is 0 Å². The molecule has 11 heavy (non-hydrogen) atoms. The van der Waals surface area contributed by atoms with Gasteiger partial charge in [-0.05, 0) is 22.9 Å². The average molecular weight is 225 g/mol. The SMILES string of the molecule is CCn1ncc(Br)c1C(F)F. The van der Waals surface area contributed by atoms with Gasteiger partial charge in [-0.15, -0.1) is 0 Å². The van der Waals surface area contributed by atoms with Gasteiger partial charge in [-0.3, -0.25) is 4.68 Å². The maximum atomic E-state index is 12.2. The third-order valence-corrected chi connectivity index (χ3v) is 1.95. The minimum Gasteiger partial charge on any atom is -0.263 e. The van der Waals surface area contributed by atoms with Gasteiger partial charge in [-0.25, -0.2) is 8.78 Å². The van der Waals surface area contributed by atoms with Crippen molar-refractivity contribution in [3.05, 3.63) is 16.4 Å². The standard InChI is InChI=1S/C6H7BrF2N2/c1-2-11-5(6(8)9)4(7)3-10-11/h3,6H,2H2,1H3. The molecular formula is C6H7BrF2N2. The van der Waals surface area contributed by atoms with Crippen LogP contribution >= 0.6 is 15.9 Å². The van der Waals surface area contributed by atoms with Gasteiger partial charge in [0.1, 0.15) is 5.69 Å². The van der Waals surface area contributed by atoms with E-state index in [-0.39, 0.29) is 5.69 Å². The Hall–Kier alpha value is -0.450. The summed E-state index contributed by atoms with van der Waals surface area (Å²) in [5, 5.41) is 3.75. The number of aryl methyl sites for hydroxylation is 1. The van der Waals surface area contributed by atoms with Crippen LogP contribution in [0.3, 0.4) is 0 Å². The van der Waals surface area contributed by atoms with E-state index in [9.17, 15) is 8.78 Å². The van der Waals surface area contributed by atoms with Crippen molar-refractivity contribution in [1.82, 2.24) is 9.78 Å². The Morgan fingerprint density at radius 3 is 2.73 bits per heavy atom. The molecule has 1 rings (SSSR count). The molecule has 0 aliphatic carbocycles. The lowest BCUT2D eigenvalue weighted by atomic mass is 10.4. The molecule has 0 aliphatic heterocycles. The van der Waals surface area contributed by atoms with Crippen molar-refractivity contribution in [1.29, 1.82) is 0 Å². The van der Waals surface area contributed by atoms with Crippen LogP contribution in [-0.2, 0) is 6.54 Å². The lowest BCUT2D eigenvalue weighted by Gasteiger charge is -2.02. The second-order valence-corrected chi connectivity index (χ2v) is 2.85. The molecule has 1 heterocycles.